The van der Waals surface area contributed by atoms with Gasteiger partial charge in [-0.25, -0.2) is 0 Å². The fourth-order valence-electron chi connectivity index (χ4n) is 0.394. The van der Waals surface area contributed by atoms with Gasteiger partial charge in [0.05, 0.1) is 5.66 Å². The zero-order valence-corrected chi connectivity index (χ0v) is 5.57. The number of rotatable bonds is 3. The zero-order valence-electron chi connectivity index (χ0n) is 5.57. The highest BCUT2D eigenvalue weighted by Crippen LogP contribution is 1.91. The standard InChI is InChI=1S/C5H15N3/c1-5(6,7)3-4-8-2/h8H,3-4,6-7H2,1-2H3. The normalized spacial score (nSPS) is 12.0. The van der Waals surface area contributed by atoms with E-state index in [9.17, 15) is 0 Å². The molecule has 0 aliphatic carbocycles. The van der Waals surface area contributed by atoms with Gasteiger partial charge in [0.15, 0.2) is 0 Å². The molecule has 0 atom stereocenters. The zero-order chi connectivity index (χ0) is 6.62. The van der Waals surface area contributed by atoms with Crippen molar-refractivity contribution in [1.82, 2.24) is 5.32 Å². The SMILES string of the molecule is CNCCC(C)(N)N. The van der Waals surface area contributed by atoms with Crippen LogP contribution in [-0.4, -0.2) is 19.3 Å². The first-order valence-electron chi connectivity index (χ1n) is 2.78. The molecule has 0 unspecified atom stereocenters. The molecule has 0 aromatic rings. The van der Waals surface area contributed by atoms with Crippen LogP contribution in [0.1, 0.15) is 13.3 Å². The largest absolute Gasteiger partial charge is 0.320 e. The third kappa shape index (κ3) is 5.88. The van der Waals surface area contributed by atoms with Gasteiger partial charge in [-0.3, -0.25) is 0 Å². The van der Waals surface area contributed by atoms with Gasteiger partial charge >= 0.3 is 0 Å². The van der Waals surface area contributed by atoms with Crippen LogP contribution in [0.15, 0.2) is 0 Å². The van der Waals surface area contributed by atoms with Gasteiger partial charge in [0.25, 0.3) is 0 Å². The second kappa shape index (κ2) is 3.02. The molecule has 8 heavy (non-hydrogen) atoms. The van der Waals surface area contributed by atoms with E-state index >= 15 is 0 Å². The van der Waals surface area contributed by atoms with E-state index in [1.165, 1.54) is 0 Å². The Labute approximate surface area is 50.4 Å². The maximum Gasteiger partial charge on any atom is 0.0619 e. The third-order valence-electron chi connectivity index (χ3n) is 0.914. The molecule has 0 rings (SSSR count). The van der Waals surface area contributed by atoms with Crippen molar-refractivity contribution >= 4 is 0 Å². The fraction of sp³-hybridized carbons (Fsp3) is 1.00. The van der Waals surface area contributed by atoms with Gasteiger partial charge < -0.3 is 16.8 Å². The molecule has 0 aliphatic rings. The number of nitrogens with two attached hydrogens (primary N) is 2. The highest BCUT2D eigenvalue weighted by atomic mass is 15.0. The Bertz CT molecular complexity index is 55.2. The molecule has 0 aromatic heterocycles. The molecule has 5 N–H and O–H groups in total. The van der Waals surface area contributed by atoms with Crippen LogP contribution in [0, 0.1) is 0 Å². The molecule has 0 bridgehead atoms. The Balaban J connectivity index is 3.11. The topological polar surface area (TPSA) is 64.1 Å². The van der Waals surface area contributed by atoms with Crippen molar-refractivity contribution in [3.05, 3.63) is 0 Å². The maximum atomic E-state index is 5.46. The van der Waals surface area contributed by atoms with Gasteiger partial charge in [0, 0.05) is 0 Å². The molecule has 0 aromatic carbocycles. The van der Waals surface area contributed by atoms with E-state index in [-0.39, 0.29) is 0 Å². The van der Waals surface area contributed by atoms with Crippen LogP contribution in [-0.2, 0) is 0 Å². The second-order valence-electron chi connectivity index (χ2n) is 2.36. The molecule has 0 saturated heterocycles. The first-order valence-corrected chi connectivity index (χ1v) is 2.78. The van der Waals surface area contributed by atoms with Gasteiger partial charge in [-0.05, 0) is 26.9 Å². The number of hydrogen-bond donors (Lipinski definition) is 3. The highest BCUT2D eigenvalue weighted by Gasteiger charge is 2.07. The van der Waals surface area contributed by atoms with Crippen LogP contribution >= 0.6 is 0 Å². The molecule has 50 valence electrons. The molecular formula is C5H15N3. The van der Waals surface area contributed by atoms with Crippen molar-refractivity contribution in [1.29, 1.82) is 0 Å². The van der Waals surface area contributed by atoms with Crippen LogP contribution in [0.25, 0.3) is 0 Å². The average Bonchev–Trinajstić information content (AvgIpc) is 1.59. The summed E-state index contributed by atoms with van der Waals surface area (Å²) in [6.45, 7) is 2.69. The molecule has 3 heteroatoms. The van der Waals surface area contributed by atoms with E-state index in [2.05, 4.69) is 5.32 Å². The summed E-state index contributed by atoms with van der Waals surface area (Å²) in [4.78, 5) is 0. The van der Waals surface area contributed by atoms with E-state index < -0.39 is 5.66 Å². The van der Waals surface area contributed by atoms with Gasteiger partial charge in [0.1, 0.15) is 0 Å². The van der Waals surface area contributed by atoms with Crippen molar-refractivity contribution < 1.29 is 0 Å². The quantitative estimate of drug-likeness (QED) is 0.425. The predicted octanol–water partition coefficient (Wildman–Crippen LogP) is -0.770. The van der Waals surface area contributed by atoms with Crippen molar-refractivity contribution in [2.75, 3.05) is 13.6 Å². The summed E-state index contributed by atoms with van der Waals surface area (Å²) in [7, 11) is 1.88. The Morgan fingerprint density at radius 3 is 2.12 bits per heavy atom. The molecule has 0 aliphatic heterocycles. The molecule has 0 radical (unpaired) electrons. The highest BCUT2D eigenvalue weighted by molar-refractivity contribution is 4.69. The molecular weight excluding hydrogens is 102 g/mol. The average molecular weight is 117 g/mol. The van der Waals surface area contributed by atoms with Crippen molar-refractivity contribution in [3.63, 3.8) is 0 Å². The van der Waals surface area contributed by atoms with Gasteiger partial charge in [0.2, 0.25) is 0 Å². The molecule has 0 fully saturated rings. The van der Waals surface area contributed by atoms with Gasteiger partial charge in [-0.15, -0.1) is 0 Å². The predicted molar refractivity (Wildman–Crippen MR) is 35.3 cm³/mol. The fourth-order valence-corrected chi connectivity index (χ4v) is 0.394. The summed E-state index contributed by atoms with van der Waals surface area (Å²) >= 11 is 0. The van der Waals surface area contributed by atoms with Crippen LogP contribution in [0.5, 0.6) is 0 Å². The van der Waals surface area contributed by atoms with E-state index in [4.69, 9.17) is 11.5 Å². The third-order valence-corrected chi connectivity index (χ3v) is 0.914. The lowest BCUT2D eigenvalue weighted by atomic mass is 10.1. The van der Waals surface area contributed by atoms with Gasteiger partial charge in [-0.2, -0.15) is 0 Å². The monoisotopic (exact) mass is 117 g/mol. The second-order valence-corrected chi connectivity index (χ2v) is 2.36. The minimum atomic E-state index is -0.511. The lowest BCUT2D eigenvalue weighted by molar-refractivity contribution is 0.442. The summed E-state index contributed by atoms with van der Waals surface area (Å²) in [5.74, 6) is 0. The first kappa shape index (κ1) is 7.88. The lowest BCUT2D eigenvalue weighted by Gasteiger charge is -2.17. The van der Waals surface area contributed by atoms with Crippen molar-refractivity contribution in [2.45, 2.75) is 19.0 Å². The van der Waals surface area contributed by atoms with E-state index in [0.717, 1.165) is 13.0 Å². The molecule has 0 saturated carbocycles. The van der Waals surface area contributed by atoms with Crippen LogP contribution in [0.4, 0.5) is 0 Å². The first-order chi connectivity index (χ1) is 3.56. The minimum Gasteiger partial charge on any atom is -0.320 e. The van der Waals surface area contributed by atoms with E-state index in [1.807, 2.05) is 14.0 Å². The molecule has 0 amide bonds. The Morgan fingerprint density at radius 1 is 1.50 bits per heavy atom. The number of hydrogen-bond acceptors (Lipinski definition) is 3. The Hall–Kier alpha value is -0.120. The van der Waals surface area contributed by atoms with Crippen molar-refractivity contribution in [2.24, 2.45) is 11.5 Å². The smallest absolute Gasteiger partial charge is 0.0619 e. The Kier molecular flexibility index (Phi) is 2.97. The van der Waals surface area contributed by atoms with E-state index in [1.54, 1.807) is 0 Å². The van der Waals surface area contributed by atoms with Crippen LogP contribution in [0.3, 0.4) is 0 Å². The van der Waals surface area contributed by atoms with E-state index in [0.29, 0.717) is 0 Å². The summed E-state index contributed by atoms with van der Waals surface area (Å²) in [6.07, 6.45) is 0.809. The molecule has 0 spiro atoms. The summed E-state index contributed by atoms with van der Waals surface area (Å²) in [5, 5.41) is 2.96. The molecule has 3 nitrogen and oxygen atoms in total. The summed E-state index contributed by atoms with van der Waals surface area (Å²) < 4.78 is 0. The summed E-state index contributed by atoms with van der Waals surface area (Å²) in [6, 6.07) is 0. The Morgan fingerprint density at radius 2 is 2.00 bits per heavy atom. The minimum absolute atomic E-state index is 0.511. The van der Waals surface area contributed by atoms with Crippen LogP contribution < -0.4 is 16.8 Å². The number of nitrogens with one attached hydrogen (secondary N) is 1. The van der Waals surface area contributed by atoms with Crippen LogP contribution in [0.2, 0.25) is 0 Å². The lowest BCUT2D eigenvalue weighted by Crippen LogP contribution is -2.47. The van der Waals surface area contributed by atoms with Gasteiger partial charge in [-0.1, -0.05) is 0 Å². The van der Waals surface area contributed by atoms with Crippen molar-refractivity contribution in [3.8, 4) is 0 Å². The maximum absolute atomic E-state index is 5.46. The molecule has 0 heterocycles. The summed E-state index contributed by atoms with van der Waals surface area (Å²) in [5.41, 5.74) is 10.4.